The Bertz CT molecular complexity index is 1230. The lowest BCUT2D eigenvalue weighted by atomic mass is 10.1. The van der Waals surface area contributed by atoms with Crippen molar-refractivity contribution < 1.29 is 13.2 Å². The highest BCUT2D eigenvalue weighted by molar-refractivity contribution is 7.92. The van der Waals surface area contributed by atoms with Gasteiger partial charge in [0, 0.05) is 43.3 Å². The third-order valence-corrected chi connectivity index (χ3v) is 7.16. The van der Waals surface area contributed by atoms with Crippen molar-refractivity contribution in [2.45, 2.75) is 11.4 Å². The Morgan fingerprint density at radius 2 is 1.67 bits per heavy atom. The molecule has 4 rings (SSSR count). The third-order valence-electron chi connectivity index (χ3n) is 5.41. The topological polar surface area (TPSA) is 90.5 Å². The van der Waals surface area contributed by atoms with Gasteiger partial charge in [-0.2, -0.15) is 0 Å². The van der Waals surface area contributed by atoms with E-state index >= 15 is 0 Å². The molecule has 0 atom stereocenters. The summed E-state index contributed by atoms with van der Waals surface area (Å²) in [5.74, 6) is -0.318. The molecular formula is C24H25ClN4O3S. The van der Waals surface area contributed by atoms with Crippen LogP contribution in [0.1, 0.15) is 15.9 Å². The fourth-order valence-electron chi connectivity index (χ4n) is 3.66. The number of carbonyl (C=O) groups excluding carboxylic acids is 1. The SMILES string of the molecule is O=C(NCc1ccccc1Cl)c1ccc(N2CCNCC2)c(NS(=O)(=O)c2ccccc2)c1. The van der Waals surface area contributed by atoms with Crippen LogP contribution in [-0.2, 0) is 16.6 Å². The summed E-state index contributed by atoms with van der Waals surface area (Å²) in [6.07, 6.45) is 0. The second-order valence-electron chi connectivity index (χ2n) is 7.66. The first-order valence-electron chi connectivity index (χ1n) is 10.6. The van der Waals surface area contributed by atoms with Crippen LogP contribution in [0.5, 0.6) is 0 Å². The number of hydrogen-bond donors (Lipinski definition) is 3. The van der Waals surface area contributed by atoms with Crippen LogP contribution in [0.4, 0.5) is 11.4 Å². The lowest BCUT2D eigenvalue weighted by Crippen LogP contribution is -2.43. The van der Waals surface area contributed by atoms with Crippen molar-refractivity contribution in [2.75, 3.05) is 35.8 Å². The number of nitrogens with zero attached hydrogens (tertiary/aromatic N) is 1. The quantitative estimate of drug-likeness (QED) is 0.477. The van der Waals surface area contributed by atoms with Gasteiger partial charge in [0.15, 0.2) is 0 Å². The van der Waals surface area contributed by atoms with Crippen molar-refractivity contribution in [3.05, 3.63) is 88.9 Å². The highest BCUT2D eigenvalue weighted by atomic mass is 35.5. The van der Waals surface area contributed by atoms with Crippen LogP contribution in [0.3, 0.4) is 0 Å². The van der Waals surface area contributed by atoms with Crippen LogP contribution in [0, 0.1) is 0 Å². The first-order chi connectivity index (χ1) is 15.9. The van der Waals surface area contributed by atoms with Gasteiger partial charge in [0.05, 0.1) is 16.3 Å². The summed E-state index contributed by atoms with van der Waals surface area (Å²) in [6, 6.07) is 20.5. The van der Waals surface area contributed by atoms with Gasteiger partial charge in [-0.1, -0.05) is 48.0 Å². The maximum Gasteiger partial charge on any atom is 0.261 e. The number of nitrogens with one attached hydrogen (secondary N) is 3. The zero-order valence-electron chi connectivity index (χ0n) is 17.9. The number of sulfonamides is 1. The molecule has 0 aliphatic carbocycles. The second-order valence-corrected chi connectivity index (χ2v) is 9.75. The average Bonchev–Trinajstić information content (AvgIpc) is 2.84. The average molecular weight is 485 g/mol. The highest BCUT2D eigenvalue weighted by Crippen LogP contribution is 2.30. The maximum atomic E-state index is 13.0. The molecule has 0 radical (unpaired) electrons. The predicted octanol–water partition coefficient (Wildman–Crippen LogP) is 3.48. The van der Waals surface area contributed by atoms with Crippen molar-refractivity contribution in [1.29, 1.82) is 0 Å². The molecule has 33 heavy (non-hydrogen) atoms. The Kier molecular flexibility index (Phi) is 7.17. The Labute approximate surface area is 198 Å². The highest BCUT2D eigenvalue weighted by Gasteiger charge is 2.21. The molecule has 0 saturated carbocycles. The fourth-order valence-corrected chi connectivity index (χ4v) is 4.95. The Morgan fingerprint density at radius 3 is 2.39 bits per heavy atom. The molecule has 1 amide bonds. The maximum absolute atomic E-state index is 13.0. The summed E-state index contributed by atoms with van der Waals surface area (Å²) in [7, 11) is -3.82. The number of halogens is 1. The number of piperazine rings is 1. The number of hydrogen-bond acceptors (Lipinski definition) is 5. The van der Waals surface area contributed by atoms with Gasteiger partial charge in [0.1, 0.15) is 0 Å². The molecule has 0 bridgehead atoms. The van der Waals surface area contributed by atoms with Crippen LogP contribution < -0.4 is 20.3 Å². The van der Waals surface area contributed by atoms with Gasteiger partial charge in [-0.25, -0.2) is 8.42 Å². The van der Waals surface area contributed by atoms with Crippen LogP contribution in [-0.4, -0.2) is 40.5 Å². The van der Waals surface area contributed by atoms with E-state index in [0.29, 0.717) is 16.3 Å². The molecule has 1 aliphatic rings. The molecule has 0 spiro atoms. The largest absolute Gasteiger partial charge is 0.367 e. The smallest absolute Gasteiger partial charge is 0.261 e. The summed E-state index contributed by atoms with van der Waals surface area (Å²) in [5, 5.41) is 6.71. The molecule has 1 heterocycles. The molecule has 0 unspecified atom stereocenters. The monoisotopic (exact) mass is 484 g/mol. The van der Waals surface area contributed by atoms with Crippen molar-refractivity contribution in [3.8, 4) is 0 Å². The minimum absolute atomic E-state index is 0.157. The van der Waals surface area contributed by atoms with Crippen molar-refractivity contribution in [1.82, 2.24) is 10.6 Å². The summed E-state index contributed by atoms with van der Waals surface area (Å²) in [6.45, 7) is 3.33. The zero-order valence-corrected chi connectivity index (χ0v) is 19.5. The molecule has 3 aromatic carbocycles. The molecule has 7 nitrogen and oxygen atoms in total. The Morgan fingerprint density at radius 1 is 0.970 bits per heavy atom. The molecule has 1 saturated heterocycles. The van der Waals surface area contributed by atoms with E-state index in [9.17, 15) is 13.2 Å². The lowest BCUT2D eigenvalue weighted by Gasteiger charge is -2.31. The van der Waals surface area contributed by atoms with Gasteiger partial charge in [0.2, 0.25) is 0 Å². The number of anilines is 2. The molecule has 1 aliphatic heterocycles. The fraction of sp³-hybridized carbons (Fsp3) is 0.208. The van der Waals surface area contributed by atoms with Gasteiger partial charge < -0.3 is 15.5 Å². The molecule has 3 aromatic rings. The summed E-state index contributed by atoms with van der Waals surface area (Å²) >= 11 is 6.18. The van der Waals surface area contributed by atoms with Gasteiger partial charge in [-0.05, 0) is 42.0 Å². The molecule has 172 valence electrons. The van der Waals surface area contributed by atoms with E-state index in [4.69, 9.17) is 11.6 Å². The molecule has 3 N–H and O–H groups in total. The number of amides is 1. The minimum atomic E-state index is -3.82. The van der Waals surface area contributed by atoms with E-state index in [2.05, 4.69) is 20.3 Å². The van der Waals surface area contributed by atoms with Crippen LogP contribution in [0.2, 0.25) is 5.02 Å². The number of rotatable bonds is 7. The van der Waals surface area contributed by atoms with Crippen molar-refractivity contribution in [3.63, 3.8) is 0 Å². The lowest BCUT2D eigenvalue weighted by molar-refractivity contribution is 0.0951. The first-order valence-corrected chi connectivity index (χ1v) is 12.5. The molecule has 1 fully saturated rings. The van der Waals surface area contributed by atoms with E-state index in [1.807, 2.05) is 18.2 Å². The first kappa shape index (κ1) is 23.1. The molecule has 0 aromatic heterocycles. The summed E-state index contributed by atoms with van der Waals surface area (Å²) in [4.78, 5) is 15.1. The predicted molar refractivity (Wildman–Crippen MR) is 131 cm³/mol. The van der Waals surface area contributed by atoms with Gasteiger partial charge >= 0.3 is 0 Å². The van der Waals surface area contributed by atoms with Crippen molar-refractivity contribution in [2.24, 2.45) is 0 Å². The summed E-state index contributed by atoms with van der Waals surface area (Å²) in [5.41, 5.74) is 2.26. The Hall–Kier alpha value is -3.07. The van der Waals surface area contributed by atoms with Crippen LogP contribution >= 0.6 is 11.6 Å². The van der Waals surface area contributed by atoms with Crippen LogP contribution in [0.15, 0.2) is 77.7 Å². The number of benzene rings is 3. The number of carbonyl (C=O) groups is 1. The summed E-state index contributed by atoms with van der Waals surface area (Å²) < 4.78 is 28.7. The van der Waals surface area contributed by atoms with Gasteiger partial charge in [-0.15, -0.1) is 0 Å². The van der Waals surface area contributed by atoms with Gasteiger partial charge in [0.25, 0.3) is 15.9 Å². The third kappa shape index (κ3) is 5.65. The minimum Gasteiger partial charge on any atom is -0.367 e. The Balaban J connectivity index is 1.61. The van der Waals surface area contributed by atoms with E-state index < -0.39 is 10.0 Å². The zero-order chi connectivity index (χ0) is 23.3. The van der Waals surface area contributed by atoms with Crippen LogP contribution in [0.25, 0.3) is 0 Å². The second kappa shape index (κ2) is 10.2. The molecule has 9 heteroatoms. The van der Waals surface area contributed by atoms with Crippen molar-refractivity contribution >= 4 is 38.9 Å². The van der Waals surface area contributed by atoms with E-state index in [1.54, 1.807) is 42.5 Å². The van der Waals surface area contributed by atoms with E-state index in [-0.39, 0.29) is 17.3 Å². The van der Waals surface area contributed by atoms with Gasteiger partial charge in [-0.3, -0.25) is 9.52 Å². The van der Waals surface area contributed by atoms with E-state index in [0.717, 1.165) is 37.4 Å². The standard InChI is InChI=1S/C24H25ClN4O3S/c25-21-9-5-4-6-19(21)17-27-24(30)18-10-11-23(29-14-12-26-13-15-29)22(16-18)28-33(31,32)20-7-2-1-3-8-20/h1-11,16,26,28H,12-15,17H2,(H,27,30). The molecular weight excluding hydrogens is 460 g/mol. The normalized spacial score (nSPS) is 14.0. The van der Waals surface area contributed by atoms with E-state index in [1.165, 1.54) is 12.1 Å².